The highest BCUT2D eigenvalue weighted by molar-refractivity contribution is 5.94. The predicted molar refractivity (Wildman–Crippen MR) is 122 cm³/mol. The standard InChI is InChI=1S/C22H21N9O4/c1-21(13-4-2-6-24-8-13,19(32)25-10-22(33)11-34-12-22)31-18-14(9-26-31)17-27-16(15-5-3-7-35-15)29-30(17)20(23)28-18/h2-9,33H,10-12H2,1H3,(H2,23,28)(H,25,32). The van der Waals surface area contributed by atoms with Gasteiger partial charge in [0.05, 0.1) is 37.6 Å². The van der Waals surface area contributed by atoms with Crippen LogP contribution in [0.1, 0.15) is 12.5 Å². The molecule has 1 saturated heterocycles. The monoisotopic (exact) mass is 475 g/mol. The molecule has 5 aromatic rings. The second-order valence-corrected chi connectivity index (χ2v) is 8.63. The first-order valence-electron chi connectivity index (χ1n) is 10.8. The minimum atomic E-state index is -1.38. The van der Waals surface area contributed by atoms with Crippen LogP contribution in [0.3, 0.4) is 0 Å². The number of carbonyl (C=O) groups excluding carboxylic acids is 1. The van der Waals surface area contributed by atoms with Crippen LogP contribution in [0.5, 0.6) is 0 Å². The summed E-state index contributed by atoms with van der Waals surface area (Å²) in [5.74, 6) is 0.474. The molecule has 6 rings (SSSR count). The number of aromatic nitrogens is 7. The van der Waals surface area contributed by atoms with Gasteiger partial charge in [-0.1, -0.05) is 6.07 Å². The van der Waals surface area contributed by atoms with Crippen molar-refractivity contribution in [2.75, 3.05) is 25.5 Å². The van der Waals surface area contributed by atoms with Gasteiger partial charge in [0, 0.05) is 18.0 Å². The number of ether oxygens (including phenoxy) is 1. The Morgan fingerprint density at radius 2 is 2.11 bits per heavy atom. The van der Waals surface area contributed by atoms with Gasteiger partial charge in [0.1, 0.15) is 5.60 Å². The lowest BCUT2D eigenvalue weighted by molar-refractivity contribution is -0.176. The summed E-state index contributed by atoms with van der Waals surface area (Å²) in [6, 6.07) is 6.98. The van der Waals surface area contributed by atoms with Crippen LogP contribution < -0.4 is 11.1 Å². The van der Waals surface area contributed by atoms with Gasteiger partial charge in [0.2, 0.25) is 11.8 Å². The fourth-order valence-corrected chi connectivity index (χ4v) is 4.10. The molecule has 1 unspecified atom stereocenters. The van der Waals surface area contributed by atoms with Crippen LogP contribution in [-0.2, 0) is 15.1 Å². The third-order valence-corrected chi connectivity index (χ3v) is 6.18. The molecule has 1 amide bonds. The molecule has 13 heteroatoms. The van der Waals surface area contributed by atoms with Crippen LogP contribution in [0.15, 0.2) is 53.5 Å². The van der Waals surface area contributed by atoms with Gasteiger partial charge >= 0.3 is 0 Å². The normalized spacial score (nSPS) is 16.7. The highest BCUT2D eigenvalue weighted by Crippen LogP contribution is 2.31. The van der Waals surface area contributed by atoms with E-state index < -0.39 is 17.0 Å². The van der Waals surface area contributed by atoms with E-state index in [-0.39, 0.29) is 25.7 Å². The molecule has 178 valence electrons. The number of nitrogens with two attached hydrogens (primary N) is 1. The Kier molecular flexibility index (Phi) is 4.59. The van der Waals surface area contributed by atoms with Crippen molar-refractivity contribution in [3.8, 4) is 11.6 Å². The lowest BCUT2D eigenvalue weighted by atomic mass is 9.91. The minimum absolute atomic E-state index is 0.0252. The number of hydrogen-bond acceptors (Lipinski definition) is 10. The average Bonchev–Trinajstić information content (AvgIpc) is 3.60. The number of nitrogens with one attached hydrogen (secondary N) is 1. The van der Waals surface area contributed by atoms with Crippen LogP contribution in [-0.4, -0.2) is 70.7 Å². The average molecular weight is 475 g/mol. The fourth-order valence-electron chi connectivity index (χ4n) is 4.10. The second-order valence-electron chi connectivity index (χ2n) is 8.63. The fraction of sp³-hybridized carbons (Fsp3) is 0.273. The SMILES string of the molecule is CC(C(=O)NCC1(O)COC1)(c1cccnc1)n1ncc2c1nc(N)n1nc(-c3ccco3)nc21. The quantitative estimate of drug-likeness (QED) is 0.311. The molecule has 6 heterocycles. The molecule has 0 radical (unpaired) electrons. The number of nitrogens with zero attached hydrogens (tertiary/aromatic N) is 7. The lowest BCUT2D eigenvalue weighted by Crippen LogP contribution is -2.59. The van der Waals surface area contributed by atoms with Crippen molar-refractivity contribution in [1.29, 1.82) is 0 Å². The van der Waals surface area contributed by atoms with Crippen molar-refractivity contribution >= 4 is 28.5 Å². The molecule has 0 bridgehead atoms. The Bertz CT molecular complexity index is 1540. The molecule has 5 aromatic heterocycles. The zero-order valence-electron chi connectivity index (χ0n) is 18.6. The maximum atomic E-state index is 13.6. The van der Waals surface area contributed by atoms with Gasteiger partial charge < -0.3 is 25.3 Å². The number of aliphatic hydroxyl groups is 1. The molecule has 0 spiro atoms. The molecule has 0 saturated carbocycles. The van der Waals surface area contributed by atoms with Crippen molar-refractivity contribution in [2.24, 2.45) is 0 Å². The van der Waals surface area contributed by atoms with Crippen LogP contribution in [0.25, 0.3) is 28.3 Å². The first-order chi connectivity index (χ1) is 16.9. The van der Waals surface area contributed by atoms with E-state index in [1.807, 2.05) is 0 Å². The van der Waals surface area contributed by atoms with Gasteiger partial charge in [-0.3, -0.25) is 9.78 Å². The molecule has 35 heavy (non-hydrogen) atoms. The third-order valence-electron chi connectivity index (χ3n) is 6.18. The number of hydrogen-bond donors (Lipinski definition) is 3. The third kappa shape index (κ3) is 3.24. The van der Waals surface area contributed by atoms with Crippen molar-refractivity contribution in [2.45, 2.75) is 18.1 Å². The maximum Gasteiger partial charge on any atom is 0.252 e. The summed E-state index contributed by atoms with van der Waals surface area (Å²) in [6.07, 6.45) is 6.29. The van der Waals surface area contributed by atoms with Crippen molar-refractivity contribution < 1.29 is 19.1 Å². The molecule has 13 nitrogen and oxygen atoms in total. The highest BCUT2D eigenvalue weighted by atomic mass is 16.5. The van der Waals surface area contributed by atoms with Gasteiger partial charge in [-0.25, -0.2) is 9.67 Å². The Labute approximate surface area is 197 Å². The molecule has 4 N–H and O–H groups in total. The van der Waals surface area contributed by atoms with Gasteiger partial charge in [-0.2, -0.15) is 14.6 Å². The molecule has 0 aliphatic carbocycles. The molecular weight excluding hydrogens is 454 g/mol. The molecule has 1 aliphatic heterocycles. The van der Waals surface area contributed by atoms with Crippen molar-refractivity contribution in [3.63, 3.8) is 0 Å². The largest absolute Gasteiger partial charge is 0.461 e. The number of rotatable bonds is 6. The van der Waals surface area contributed by atoms with Crippen LogP contribution in [0.4, 0.5) is 5.95 Å². The van der Waals surface area contributed by atoms with Crippen LogP contribution in [0, 0.1) is 0 Å². The van der Waals surface area contributed by atoms with Crippen LogP contribution in [0.2, 0.25) is 0 Å². The van der Waals surface area contributed by atoms with Crippen LogP contribution >= 0.6 is 0 Å². The molecule has 1 fully saturated rings. The number of carbonyl (C=O) groups is 1. The van der Waals surface area contributed by atoms with E-state index in [4.69, 9.17) is 14.9 Å². The second kappa shape index (κ2) is 7.58. The van der Waals surface area contributed by atoms with E-state index in [2.05, 4.69) is 30.5 Å². The summed E-state index contributed by atoms with van der Waals surface area (Å²) in [5, 5.41) is 22.7. The van der Waals surface area contributed by atoms with E-state index in [1.165, 1.54) is 15.5 Å². The Morgan fingerprint density at radius 3 is 2.80 bits per heavy atom. The van der Waals surface area contributed by atoms with E-state index in [0.717, 1.165) is 0 Å². The van der Waals surface area contributed by atoms with Crippen molar-refractivity contribution in [3.05, 3.63) is 54.7 Å². The predicted octanol–water partition coefficient (Wildman–Crippen LogP) is 0.352. The van der Waals surface area contributed by atoms with Crippen molar-refractivity contribution in [1.82, 2.24) is 39.7 Å². The molecule has 1 atom stereocenters. The molecular formula is C22H21N9O4. The zero-order valence-corrected chi connectivity index (χ0v) is 18.6. The first-order valence-corrected chi connectivity index (χ1v) is 10.8. The molecule has 0 aromatic carbocycles. The van der Waals surface area contributed by atoms with Gasteiger partial charge in [0.15, 0.2) is 22.6 Å². The summed E-state index contributed by atoms with van der Waals surface area (Å²) in [6.45, 7) is 2.04. The number of furan rings is 1. The Morgan fingerprint density at radius 1 is 1.26 bits per heavy atom. The summed E-state index contributed by atoms with van der Waals surface area (Å²) in [4.78, 5) is 26.9. The van der Waals surface area contributed by atoms with E-state index in [9.17, 15) is 9.90 Å². The zero-order chi connectivity index (χ0) is 24.2. The summed E-state index contributed by atoms with van der Waals surface area (Å²) >= 11 is 0. The summed E-state index contributed by atoms with van der Waals surface area (Å²) < 4.78 is 13.4. The number of pyridine rings is 1. The van der Waals surface area contributed by atoms with E-state index in [1.54, 1.807) is 49.8 Å². The van der Waals surface area contributed by atoms with E-state index >= 15 is 0 Å². The topological polar surface area (TPSA) is 172 Å². The van der Waals surface area contributed by atoms with E-state index in [0.29, 0.717) is 33.8 Å². The minimum Gasteiger partial charge on any atom is -0.461 e. The van der Waals surface area contributed by atoms with Gasteiger partial charge in [-0.15, -0.1) is 5.10 Å². The van der Waals surface area contributed by atoms with Gasteiger partial charge in [0.25, 0.3) is 5.91 Å². The van der Waals surface area contributed by atoms with Gasteiger partial charge in [-0.05, 0) is 25.1 Å². The number of fused-ring (bicyclic) bond motifs is 3. The number of nitrogen functional groups attached to an aromatic ring is 1. The smallest absolute Gasteiger partial charge is 0.252 e. The maximum absolute atomic E-state index is 13.6. The highest BCUT2D eigenvalue weighted by Gasteiger charge is 2.43. The molecule has 1 aliphatic rings. The Hall–Kier alpha value is -4.36. The lowest BCUT2D eigenvalue weighted by Gasteiger charge is -2.37. The number of anilines is 1. The summed E-state index contributed by atoms with van der Waals surface area (Å²) in [5.41, 5.74) is 5.07. The Balaban J connectivity index is 1.50. The summed E-state index contributed by atoms with van der Waals surface area (Å²) in [7, 11) is 0. The first kappa shape index (κ1) is 21.2. The number of amides is 1.